The first-order chi connectivity index (χ1) is 12.7. The fourth-order valence-electron chi connectivity index (χ4n) is 3.66. The van der Waals surface area contributed by atoms with E-state index in [-0.39, 0.29) is 23.6 Å². The molecule has 0 saturated heterocycles. The van der Waals surface area contributed by atoms with Gasteiger partial charge in [-0.05, 0) is 36.5 Å². The van der Waals surface area contributed by atoms with Gasteiger partial charge in [-0.1, -0.05) is 30.3 Å². The first kappa shape index (κ1) is 16.6. The third-order valence-corrected chi connectivity index (χ3v) is 4.90. The Bertz CT molecular complexity index is 858. The van der Waals surface area contributed by atoms with Crippen molar-refractivity contribution in [1.82, 2.24) is 15.1 Å². The van der Waals surface area contributed by atoms with Gasteiger partial charge in [0.2, 0.25) is 0 Å². The predicted molar refractivity (Wildman–Crippen MR) is 96.4 cm³/mol. The van der Waals surface area contributed by atoms with Gasteiger partial charge in [-0.25, -0.2) is 0 Å². The van der Waals surface area contributed by atoms with Gasteiger partial charge in [0.1, 0.15) is 0 Å². The zero-order valence-corrected chi connectivity index (χ0v) is 14.3. The van der Waals surface area contributed by atoms with Crippen LogP contribution in [0, 0.1) is 5.92 Å². The fraction of sp³-hybridized carbons (Fsp3) is 0.300. The highest BCUT2D eigenvalue weighted by Gasteiger charge is 2.35. The van der Waals surface area contributed by atoms with E-state index < -0.39 is 6.10 Å². The quantitative estimate of drug-likeness (QED) is 0.741. The average Bonchev–Trinajstić information content (AvgIpc) is 3.38. The summed E-state index contributed by atoms with van der Waals surface area (Å²) >= 11 is 0. The van der Waals surface area contributed by atoms with Crippen molar-refractivity contribution in [3.63, 3.8) is 0 Å². The number of nitrogens with one attached hydrogen (secondary N) is 1. The predicted octanol–water partition coefficient (Wildman–Crippen LogP) is 2.71. The molecule has 0 bridgehead atoms. The van der Waals surface area contributed by atoms with Crippen molar-refractivity contribution >= 4 is 5.91 Å². The molecular weight excluding hydrogens is 330 g/mol. The molecule has 134 valence electrons. The Morgan fingerprint density at radius 1 is 1.23 bits per heavy atom. The van der Waals surface area contributed by atoms with Gasteiger partial charge in [-0.15, -0.1) is 0 Å². The van der Waals surface area contributed by atoms with Gasteiger partial charge in [0.25, 0.3) is 5.91 Å². The molecule has 0 spiro atoms. The molecule has 1 amide bonds. The third-order valence-electron chi connectivity index (χ3n) is 4.90. The summed E-state index contributed by atoms with van der Waals surface area (Å²) in [5, 5.41) is 17.5. The van der Waals surface area contributed by atoms with Crippen LogP contribution in [0.2, 0.25) is 0 Å². The number of hydrogen-bond acceptors (Lipinski definition) is 4. The van der Waals surface area contributed by atoms with Crippen LogP contribution < -0.4 is 5.32 Å². The molecule has 3 atom stereocenters. The first-order valence-corrected chi connectivity index (χ1v) is 8.80. The van der Waals surface area contributed by atoms with Gasteiger partial charge in [0, 0.05) is 24.5 Å². The van der Waals surface area contributed by atoms with Crippen LogP contribution in [0.15, 0.2) is 65.5 Å². The molecule has 2 aromatic heterocycles. The van der Waals surface area contributed by atoms with E-state index in [1.165, 1.54) is 6.26 Å². The van der Waals surface area contributed by atoms with Crippen molar-refractivity contribution in [3.8, 4) is 11.1 Å². The average molecular weight is 351 g/mol. The van der Waals surface area contributed by atoms with E-state index in [0.717, 1.165) is 17.7 Å². The highest BCUT2D eigenvalue weighted by molar-refractivity contribution is 5.98. The number of carbonyl (C=O) groups is 1. The fourth-order valence-corrected chi connectivity index (χ4v) is 3.66. The van der Waals surface area contributed by atoms with E-state index in [1.807, 2.05) is 47.3 Å². The van der Waals surface area contributed by atoms with Crippen LogP contribution >= 0.6 is 0 Å². The van der Waals surface area contributed by atoms with Gasteiger partial charge in [0.05, 0.1) is 18.4 Å². The number of aliphatic hydroxyl groups is 1. The molecular formula is C20H21N3O3. The zero-order chi connectivity index (χ0) is 17.9. The summed E-state index contributed by atoms with van der Waals surface area (Å²) in [6.07, 6.45) is 5.97. The van der Waals surface area contributed by atoms with Crippen LogP contribution in [0.25, 0.3) is 11.1 Å². The molecule has 1 unspecified atom stereocenters. The Morgan fingerprint density at radius 3 is 2.85 bits per heavy atom. The van der Waals surface area contributed by atoms with E-state index in [4.69, 9.17) is 4.42 Å². The number of hydrogen-bond donors (Lipinski definition) is 2. The lowest BCUT2D eigenvalue weighted by Gasteiger charge is -2.16. The van der Waals surface area contributed by atoms with E-state index in [2.05, 4.69) is 10.4 Å². The summed E-state index contributed by atoms with van der Waals surface area (Å²) in [6, 6.07) is 13.0. The number of amides is 1. The Hall–Kier alpha value is -2.86. The normalized spacial score (nSPS) is 22.4. The summed E-state index contributed by atoms with van der Waals surface area (Å²) in [5.41, 5.74) is 1.68. The van der Waals surface area contributed by atoms with E-state index >= 15 is 0 Å². The maximum Gasteiger partial charge on any atom is 0.287 e. The first-order valence-electron chi connectivity index (χ1n) is 8.80. The molecule has 1 aliphatic carbocycles. The van der Waals surface area contributed by atoms with Crippen molar-refractivity contribution in [2.75, 3.05) is 0 Å². The van der Waals surface area contributed by atoms with E-state index in [0.29, 0.717) is 12.8 Å². The largest absolute Gasteiger partial charge is 0.459 e. The molecule has 1 fully saturated rings. The lowest BCUT2D eigenvalue weighted by atomic mass is 10.1. The molecule has 1 aromatic carbocycles. The van der Waals surface area contributed by atoms with Crippen LogP contribution in [0.5, 0.6) is 0 Å². The summed E-state index contributed by atoms with van der Waals surface area (Å²) in [4.78, 5) is 12.7. The summed E-state index contributed by atoms with van der Waals surface area (Å²) in [7, 11) is 0. The number of carbonyl (C=O) groups excluding carboxylic acids is 1. The second-order valence-electron chi connectivity index (χ2n) is 6.74. The minimum atomic E-state index is -0.561. The number of benzene rings is 1. The molecule has 2 heterocycles. The molecule has 6 heteroatoms. The standard InChI is InChI=1S/C20H21N3O3/c24-18-12-14(13-23-9-4-8-21-23)11-17(18)22-20(25)19-16(7-10-26-19)15-5-2-1-3-6-15/h1-10,14,17-18,24H,11-13H2,(H,22,25)/t14?,17-,18-/m1/s1. The van der Waals surface area contributed by atoms with Crippen LogP contribution in [-0.4, -0.2) is 32.9 Å². The minimum Gasteiger partial charge on any atom is -0.459 e. The molecule has 3 aromatic rings. The topological polar surface area (TPSA) is 80.3 Å². The molecule has 1 saturated carbocycles. The second kappa shape index (κ2) is 7.17. The zero-order valence-electron chi connectivity index (χ0n) is 14.3. The minimum absolute atomic E-state index is 0.277. The smallest absolute Gasteiger partial charge is 0.287 e. The van der Waals surface area contributed by atoms with Crippen molar-refractivity contribution in [2.45, 2.75) is 31.5 Å². The number of aliphatic hydroxyl groups excluding tert-OH is 1. The highest BCUT2D eigenvalue weighted by atomic mass is 16.3. The SMILES string of the molecule is O=C(N[C@@H]1CC(Cn2cccn2)C[C@H]1O)c1occc1-c1ccccc1. The van der Waals surface area contributed by atoms with Crippen molar-refractivity contribution in [2.24, 2.45) is 5.92 Å². The summed E-state index contributed by atoms with van der Waals surface area (Å²) in [6.45, 7) is 0.743. The lowest BCUT2D eigenvalue weighted by molar-refractivity contribution is 0.0847. The Morgan fingerprint density at radius 2 is 2.08 bits per heavy atom. The lowest BCUT2D eigenvalue weighted by Crippen LogP contribution is -2.39. The van der Waals surface area contributed by atoms with Gasteiger partial charge in [-0.2, -0.15) is 5.10 Å². The number of aromatic nitrogens is 2. The second-order valence-corrected chi connectivity index (χ2v) is 6.74. The van der Waals surface area contributed by atoms with Gasteiger partial charge in [-0.3, -0.25) is 9.48 Å². The molecule has 26 heavy (non-hydrogen) atoms. The van der Waals surface area contributed by atoms with Gasteiger partial charge in [0.15, 0.2) is 5.76 Å². The van der Waals surface area contributed by atoms with Crippen LogP contribution in [-0.2, 0) is 6.54 Å². The number of nitrogens with zero attached hydrogens (tertiary/aromatic N) is 2. The molecule has 0 aliphatic heterocycles. The number of rotatable bonds is 5. The third kappa shape index (κ3) is 3.41. The van der Waals surface area contributed by atoms with Crippen molar-refractivity contribution < 1.29 is 14.3 Å². The molecule has 4 rings (SSSR count). The molecule has 0 radical (unpaired) electrons. The Kier molecular flexibility index (Phi) is 4.58. The van der Waals surface area contributed by atoms with Gasteiger partial charge >= 0.3 is 0 Å². The Labute approximate surface area is 151 Å². The van der Waals surface area contributed by atoms with Crippen molar-refractivity contribution in [1.29, 1.82) is 0 Å². The molecule has 2 N–H and O–H groups in total. The van der Waals surface area contributed by atoms with E-state index in [1.54, 1.807) is 12.3 Å². The van der Waals surface area contributed by atoms with Crippen LogP contribution in [0.3, 0.4) is 0 Å². The van der Waals surface area contributed by atoms with Crippen molar-refractivity contribution in [3.05, 3.63) is 66.9 Å². The van der Waals surface area contributed by atoms with E-state index in [9.17, 15) is 9.90 Å². The monoisotopic (exact) mass is 351 g/mol. The summed E-state index contributed by atoms with van der Waals surface area (Å²) in [5.74, 6) is 0.261. The Balaban J connectivity index is 1.43. The van der Waals surface area contributed by atoms with Crippen LogP contribution in [0.1, 0.15) is 23.4 Å². The number of furan rings is 1. The van der Waals surface area contributed by atoms with Crippen LogP contribution in [0.4, 0.5) is 0 Å². The van der Waals surface area contributed by atoms with Gasteiger partial charge < -0.3 is 14.8 Å². The molecule has 1 aliphatic rings. The molecule has 6 nitrogen and oxygen atoms in total. The maximum absolute atomic E-state index is 12.7. The summed E-state index contributed by atoms with van der Waals surface area (Å²) < 4.78 is 7.29. The maximum atomic E-state index is 12.7. The highest BCUT2D eigenvalue weighted by Crippen LogP contribution is 2.29.